The fourth-order valence-electron chi connectivity index (χ4n) is 0.0772. The molecule has 7 heavy (non-hydrogen) atoms. The van der Waals surface area contributed by atoms with Crippen LogP contribution in [0.1, 0.15) is 0 Å². The second-order valence-electron chi connectivity index (χ2n) is 0.634. The van der Waals surface area contributed by atoms with E-state index < -0.39 is 10.2 Å². The van der Waals surface area contributed by atoms with Gasteiger partial charge in [-0.05, 0) is 6.58 Å². The highest BCUT2D eigenvalue weighted by molar-refractivity contribution is 4.40. The minimum Gasteiger partial charge on any atom is -0.167 e. The van der Waals surface area contributed by atoms with E-state index in [1.54, 1.807) is 0 Å². The Morgan fingerprint density at radius 3 is 1.86 bits per heavy atom. The Bertz CT molecular complexity index is 64.6. The lowest BCUT2D eigenvalue weighted by atomic mass is 11.2. The molecular weight excluding hydrogens is 123 g/mol. The molecular formula is C2H3ClO4. The minimum atomic E-state index is -4.30. The van der Waals surface area contributed by atoms with E-state index in [0.717, 1.165) is 0 Å². The normalized spacial score (nSPS) is 10.7. The summed E-state index contributed by atoms with van der Waals surface area (Å²) in [6, 6.07) is 0. The van der Waals surface area contributed by atoms with Crippen LogP contribution in [-0.2, 0) is 4.29 Å². The zero-order valence-electron chi connectivity index (χ0n) is 3.30. The van der Waals surface area contributed by atoms with Crippen LogP contribution < -0.4 is 14.0 Å². The first-order valence-corrected chi connectivity index (χ1v) is 2.50. The number of rotatable bonds is 2. The Hall–Kier alpha value is -0.290. The lowest BCUT2D eigenvalue weighted by Gasteiger charge is -2.08. The molecule has 0 unspecified atom stereocenters. The predicted octanol–water partition coefficient (Wildman–Crippen LogP) is -2.96. The first-order valence-electron chi connectivity index (χ1n) is 1.26. The zero-order chi connectivity index (χ0) is 5.91. The molecule has 0 radical (unpaired) electrons. The molecule has 0 heterocycles. The van der Waals surface area contributed by atoms with Gasteiger partial charge in [0.25, 0.3) is 0 Å². The first kappa shape index (κ1) is 6.71. The van der Waals surface area contributed by atoms with Crippen LogP contribution in [0.25, 0.3) is 0 Å². The van der Waals surface area contributed by atoms with Crippen LogP contribution in [0.3, 0.4) is 0 Å². The van der Waals surface area contributed by atoms with E-state index in [-0.39, 0.29) is 0 Å². The van der Waals surface area contributed by atoms with Crippen molar-refractivity contribution in [1.82, 2.24) is 0 Å². The van der Waals surface area contributed by atoms with Crippen LogP contribution in [-0.4, -0.2) is 0 Å². The van der Waals surface area contributed by atoms with Gasteiger partial charge in [-0.3, -0.25) is 0 Å². The standard InChI is InChI=1S/C2H3ClO4/c1-2-7-3(4,5)6/h2H,1H2. The third kappa shape index (κ3) is 5.71. The third-order valence-corrected chi connectivity index (χ3v) is 0.516. The molecule has 0 atom stereocenters. The summed E-state index contributed by atoms with van der Waals surface area (Å²) in [7, 11) is -4.30. The topological polar surface area (TPSA) is 78.4 Å². The third-order valence-electron chi connectivity index (χ3n) is 0.172. The summed E-state index contributed by atoms with van der Waals surface area (Å²) in [5.41, 5.74) is 0. The van der Waals surface area contributed by atoms with Crippen LogP contribution in [0, 0.1) is 10.2 Å². The summed E-state index contributed by atoms with van der Waals surface area (Å²) in [6.07, 6.45) is 0.546. The molecule has 0 saturated carbocycles. The Morgan fingerprint density at radius 2 is 1.86 bits per heavy atom. The SMILES string of the molecule is C=CO[Cl+3]([O-])([O-])[O-]. The van der Waals surface area contributed by atoms with Crippen LogP contribution in [0.15, 0.2) is 12.8 Å². The second-order valence-corrected chi connectivity index (χ2v) is 1.57. The maximum atomic E-state index is 9.35. The van der Waals surface area contributed by atoms with Crippen molar-refractivity contribution in [2.75, 3.05) is 0 Å². The van der Waals surface area contributed by atoms with Crippen molar-refractivity contribution in [1.29, 1.82) is 0 Å². The molecule has 5 heteroatoms. The second kappa shape index (κ2) is 2.13. The Kier molecular flexibility index (Phi) is 2.04. The molecule has 0 aliphatic heterocycles. The summed E-state index contributed by atoms with van der Waals surface area (Å²) in [5.74, 6) is 0. The summed E-state index contributed by atoms with van der Waals surface area (Å²) >= 11 is 0. The summed E-state index contributed by atoms with van der Waals surface area (Å²) in [4.78, 5) is 0. The molecule has 0 aliphatic carbocycles. The largest absolute Gasteiger partial charge is 0.245 e. The van der Waals surface area contributed by atoms with Crippen LogP contribution in [0.2, 0.25) is 0 Å². The molecule has 0 spiro atoms. The van der Waals surface area contributed by atoms with E-state index in [1.165, 1.54) is 0 Å². The molecule has 0 bridgehead atoms. The molecule has 42 valence electrons. The van der Waals surface area contributed by atoms with Gasteiger partial charge in [0.15, 0.2) is 0 Å². The van der Waals surface area contributed by atoms with Gasteiger partial charge in [-0.1, -0.05) is 4.29 Å². The molecule has 0 N–H and O–H groups in total. The molecule has 0 fully saturated rings. The maximum Gasteiger partial charge on any atom is 0.245 e. The van der Waals surface area contributed by atoms with Crippen molar-refractivity contribution in [3.63, 3.8) is 0 Å². The summed E-state index contributed by atoms with van der Waals surface area (Å²) < 4.78 is 31.4. The number of hydrogen-bond donors (Lipinski definition) is 0. The van der Waals surface area contributed by atoms with Gasteiger partial charge in [-0.25, -0.2) is 0 Å². The lowest BCUT2D eigenvalue weighted by molar-refractivity contribution is -1.92. The van der Waals surface area contributed by atoms with Gasteiger partial charge in [0.05, 0.1) is 0 Å². The highest BCUT2D eigenvalue weighted by Crippen LogP contribution is 1.84. The van der Waals surface area contributed by atoms with Gasteiger partial charge in [0.1, 0.15) is 10.2 Å². The molecule has 0 aromatic rings. The van der Waals surface area contributed by atoms with Crippen molar-refractivity contribution < 1.29 is 28.5 Å². The number of hydrogen-bond acceptors (Lipinski definition) is 4. The van der Waals surface area contributed by atoms with E-state index >= 15 is 0 Å². The fourth-order valence-corrected chi connectivity index (χ4v) is 0.231. The van der Waals surface area contributed by atoms with E-state index in [2.05, 4.69) is 10.9 Å². The van der Waals surface area contributed by atoms with Gasteiger partial charge in [0.2, 0.25) is 6.26 Å². The average Bonchev–Trinajstić information content (AvgIpc) is 1.30. The molecule has 0 amide bonds. The first-order chi connectivity index (χ1) is 3.06. The van der Waals surface area contributed by atoms with Crippen molar-refractivity contribution in [2.45, 2.75) is 0 Å². The van der Waals surface area contributed by atoms with Crippen LogP contribution in [0.5, 0.6) is 0 Å². The Balaban J connectivity index is 3.34. The quantitative estimate of drug-likeness (QED) is 0.371. The molecule has 0 aromatic heterocycles. The number of halogens is 1. The molecule has 0 aromatic carbocycles. The van der Waals surface area contributed by atoms with Gasteiger partial charge >= 0.3 is 0 Å². The smallest absolute Gasteiger partial charge is 0.167 e. The van der Waals surface area contributed by atoms with Gasteiger partial charge in [-0.2, -0.15) is 14.0 Å². The minimum absolute atomic E-state index is 0.546. The molecule has 0 saturated heterocycles. The van der Waals surface area contributed by atoms with E-state index in [1.807, 2.05) is 0 Å². The van der Waals surface area contributed by atoms with Gasteiger partial charge in [-0.15, -0.1) is 0 Å². The zero-order valence-corrected chi connectivity index (χ0v) is 4.05. The monoisotopic (exact) mass is 126 g/mol. The highest BCUT2D eigenvalue weighted by Gasteiger charge is 2.11. The molecule has 0 aliphatic rings. The van der Waals surface area contributed by atoms with Crippen molar-refractivity contribution >= 4 is 0 Å². The molecule has 0 rings (SSSR count). The van der Waals surface area contributed by atoms with E-state index in [4.69, 9.17) is 0 Å². The highest BCUT2D eigenvalue weighted by atomic mass is 35.7. The lowest BCUT2D eigenvalue weighted by Crippen LogP contribution is -2.60. The summed E-state index contributed by atoms with van der Waals surface area (Å²) in [6.45, 7) is 2.84. The Morgan fingerprint density at radius 1 is 1.43 bits per heavy atom. The van der Waals surface area contributed by atoms with Crippen molar-refractivity contribution in [3.05, 3.63) is 12.8 Å². The summed E-state index contributed by atoms with van der Waals surface area (Å²) in [5, 5.41) is 0. The van der Waals surface area contributed by atoms with Crippen molar-refractivity contribution in [3.8, 4) is 0 Å². The predicted molar refractivity (Wildman–Crippen MR) is 11.3 cm³/mol. The maximum absolute atomic E-state index is 9.35. The molecule has 4 nitrogen and oxygen atoms in total. The van der Waals surface area contributed by atoms with Crippen LogP contribution in [0.4, 0.5) is 0 Å². The average molecular weight is 126 g/mol. The van der Waals surface area contributed by atoms with Gasteiger partial charge in [0, 0.05) is 0 Å². The van der Waals surface area contributed by atoms with E-state index in [0.29, 0.717) is 6.26 Å². The van der Waals surface area contributed by atoms with Gasteiger partial charge < -0.3 is 0 Å². The van der Waals surface area contributed by atoms with E-state index in [9.17, 15) is 14.0 Å². The van der Waals surface area contributed by atoms with Crippen molar-refractivity contribution in [2.24, 2.45) is 0 Å². The van der Waals surface area contributed by atoms with Crippen LogP contribution >= 0.6 is 0 Å². The Labute approximate surface area is 42.4 Å². The fraction of sp³-hybridized carbons (Fsp3) is 0.